The summed E-state index contributed by atoms with van der Waals surface area (Å²) in [5.74, 6) is 0.133. The van der Waals surface area contributed by atoms with Gasteiger partial charge in [-0.25, -0.2) is 9.37 Å². The van der Waals surface area contributed by atoms with E-state index >= 15 is 0 Å². The summed E-state index contributed by atoms with van der Waals surface area (Å²) < 4.78 is 14.0. The van der Waals surface area contributed by atoms with Crippen molar-refractivity contribution in [3.05, 3.63) is 94.1 Å². The van der Waals surface area contributed by atoms with Crippen LogP contribution < -0.4 is 0 Å². The van der Waals surface area contributed by atoms with Gasteiger partial charge in [0.15, 0.2) is 0 Å². The molecule has 0 N–H and O–H groups in total. The van der Waals surface area contributed by atoms with Crippen LogP contribution in [0.2, 0.25) is 5.02 Å². The van der Waals surface area contributed by atoms with Crippen LogP contribution in [0.4, 0.5) is 4.39 Å². The van der Waals surface area contributed by atoms with E-state index in [1.54, 1.807) is 41.7 Å². The van der Waals surface area contributed by atoms with Gasteiger partial charge in [0.2, 0.25) is 0 Å². The minimum atomic E-state index is -0.258. The average molecular weight is 437 g/mol. The molecule has 2 aromatic heterocycles. The Morgan fingerprint density at radius 1 is 1.07 bits per heavy atom. The van der Waals surface area contributed by atoms with E-state index in [4.69, 9.17) is 16.6 Å². The normalized spacial score (nSPS) is 10.7. The number of thiophene rings is 1. The largest absolute Gasteiger partial charge is 0.239 e. The summed E-state index contributed by atoms with van der Waals surface area (Å²) in [6.45, 7) is 0. The minimum Gasteiger partial charge on any atom is -0.239 e. The number of aromatic nitrogens is 1. The lowest BCUT2D eigenvalue weighted by molar-refractivity contribution is 0.617. The maximum Gasteiger partial charge on any atom is 0.127 e. The van der Waals surface area contributed by atoms with Gasteiger partial charge >= 0.3 is 0 Å². The molecule has 2 nitrogen and oxygen atoms in total. The lowest BCUT2D eigenvalue weighted by Gasteiger charge is -2.12. The van der Waals surface area contributed by atoms with Gasteiger partial charge in [-0.1, -0.05) is 48.0 Å². The highest BCUT2D eigenvalue weighted by Gasteiger charge is 2.17. The fourth-order valence-electron chi connectivity index (χ4n) is 2.90. The Kier molecular flexibility index (Phi) is 5.96. The van der Waals surface area contributed by atoms with Crippen LogP contribution >= 0.6 is 34.7 Å². The van der Waals surface area contributed by atoms with Crippen LogP contribution in [-0.4, -0.2) is 4.98 Å². The van der Waals surface area contributed by atoms with E-state index in [1.807, 2.05) is 35.7 Å². The summed E-state index contributed by atoms with van der Waals surface area (Å²) >= 11 is 8.99. The molecule has 0 aliphatic heterocycles. The highest BCUT2D eigenvalue weighted by Crippen LogP contribution is 2.36. The Bertz CT molecular complexity index is 1180. The number of hydrogen-bond donors (Lipinski definition) is 0. The lowest BCUT2D eigenvalue weighted by atomic mass is 10.0. The number of halogens is 2. The molecule has 0 aliphatic rings. The summed E-state index contributed by atoms with van der Waals surface area (Å²) in [7, 11) is 0. The van der Waals surface area contributed by atoms with Gasteiger partial charge < -0.3 is 0 Å². The third-order valence-electron chi connectivity index (χ3n) is 4.35. The number of hydrogen-bond acceptors (Lipinski definition) is 4. The topological polar surface area (TPSA) is 36.7 Å². The van der Waals surface area contributed by atoms with E-state index < -0.39 is 0 Å². The maximum atomic E-state index is 14.0. The van der Waals surface area contributed by atoms with Crippen molar-refractivity contribution in [1.82, 2.24) is 4.98 Å². The smallest absolute Gasteiger partial charge is 0.127 e. The van der Waals surface area contributed by atoms with Crippen LogP contribution in [0.25, 0.3) is 21.7 Å². The number of nitriles is 1. The number of nitrogens with zero attached hydrogens (tertiary/aromatic N) is 2. The molecular formula is C23H14ClFN2S2. The Labute approximate surface area is 181 Å². The van der Waals surface area contributed by atoms with E-state index in [9.17, 15) is 9.65 Å². The molecule has 2 aromatic carbocycles. The molecule has 4 rings (SSSR count). The molecule has 0 atom stereocenters. The van der Waals surface area contributed by atoms with E-state index in [1.165, 1.54) is 17.8 Å². The van der Waals surface area contributed by atoms with Crippen molar-refractivity contribution in [2.24, 2.45) is 0 Å². The third kappa shape index (κ3) is 4.35. The number of thioether (sulfide) groups is 1. The highest BCUT2D eigenvalue weighted by molar-refractivity contribution is 7.98. The number of rotatable bonds is 5. The second-order valence-electron chi connectivity index (χ2n) is 6.21. The molecule has 0 saturated carbocycles. The first-order chi connectivity index (χ1) is 14.2. The predicted molar refractivity (Wildman–Crippen MR) is 119 cm³/mol. The van der Waals surface area contributed by atoms with Crippen molar-refractivity contribution in [2.45, 2.75) is 10.8 Å². The van der Waals surface area contributed by atoms with Gasteiger partial charge in [0, 0.05) is 16.3 Å². The Balaban J connectivity index is 1.81. The van der Waals surface area contributed by atoms with Crippen molar-refractivity contribution >= 4 is 34.7 Å². The summed E-state index contributed by atoms with van der Waals surface area (Å²) in [6.07, 6.45) is 0. The maximum absolute atomic E-state index is 14.0. The molecule has 142 valence electrons. The van der Waals surface area contributed by atoms with Crippen LogP contribution in [-0.2, 0) is 5.75 Å². The molecule has 2 heterocycles. The standard InChI is InChI=1S/C23H14ClFN2S2/c24-17-9-7-15(8-10-17)18-12-21(22-6-3-11-28-22)27-23(19(18)13-26)29-14-16-4-1-2-5-20(16)25/h1-12H,14H2. The van der Waals surface area contributed by atoms with Crippen molar-refractivity contribution in [3.63, 3.8) is 0 Å². The zero-order valence-electron chi connectivity index (χ0n) is 15.1. The summed E-state index contributed by atoms with van der Waals surface area (Å²) in [6, 6.07) is 22.2. The van der Waals surface area contributed by atoms with Gasteiger partial charge in [-0.05, 0) is 46.8 Å². The van der Waals surface area contributed by atoms with Gasteiger partial charge in [-0.2, -0.15) is 5.26 Å². The summed E-state index contributed by atoms with van der Waals surface area (Å²) in [5.41, 5.74) is 3.53. The van der Waals surface area contributed by atoms with Crippen LogP contribution in [0.3, 0.4) is 0 Å². The second kappa shape index (κ2) is 8.79. The van der Waals surface area contributed by atoms with Gasteiger partial charge in [0.25, 0.3) is 0 Å². The fraction of sp³-hybridized carbons (Fsp3) is 0.0435. The van der Waals surface area contributed by atoms with Crippen LogP contribution in [0.1, 0.15) is 11.1 Å². The molecule has 0 unspecified atom stereocenters. The average Bonchev–Trinajstić information content (AvgIpc) is 3.28. The van der Waals surface area contributed by atoms with Crippen LogP contribution in [0.5, 0.6) is 0 Å². The van der Waals surface area contributed by atoms with Gasteiger partial charge in [-0.3, -0.25) is 0 Å². The summed E-state index contributed by atoms with van der Waals surface area (Å²) in [5, 5.41) is 13.1. The molecule has 0 saturated heterocycles. The summed E-state index contributed by atoms with van der Waals surface area (Å²) in [4.78, 5) is 5.75. The second-order valence-corrected chi connectivity index (χ2v) is 8.56. The molecule has 29 heavy (non-hydrogen) atoms. The van der Waals surface area contributed by atoms with E-state index in [0.717, 1.165) is 21.7 Å². The van der Waals surface area contributed by atoms with Crippen LogP contribution in [0, 0.1) is 17.1 Å². The molecule has 0 spiro atoms. The Hall–Kier alpha value is -2.65. The Morgan fingerprint density at radius 2 is 1.86 bits per heavy atom. The first kappa shape index (κ1) is 19.7. The zero-order valence-corrected chi connectivity index (χ0v) is 17.5. The van der Waals surface area contributed by atoms with Gasteiger partial charge in [0.05, 0.1) is 16.1 Å². The SMILES string of the molecule is N#Cc1c(-c2ccc(Cl)cc2)cc(-c2cccs2)nc1SCc1ccccc1F. The molecule has 4 aromatic rings. The van der Waals surface area contributed by atoms with E-state index in [2.05, 4.69) is 6.07 Å². The molecule has 0 bridgehead atoms. The predicted octanol–water partition coefficient (Wildman–Crippen LogP) is 7.43. The van der Waals surface area contributed by atoms with E-state index in [0.29, 0.717) is 26.9 Å². The highest BCUT2D eigenvalue weighted by atomic mass is 35.5. The third-order valence-corrected chi connectivity index (χ3v) is 6.52. The van der Waals surface area contributed by atoms with Crippen molar-refractivity contribution in [1.29, 1.82) is 5.26 Å². The van der Waals surface area contributed by atoms with E-state index in [-0.39, 0.29) is 5.82 Å². The van der Waals surface area contributed by atoms with Crippen molar-refractivity contribution in [2.75, 3.05) is 0 Å². The first-order valence-corrected chi connectivity index (χ1v) is 11.0. The van der Waals surface area contributed by atoms with Gasteiger partial charge in [-0.15, -0.1) is 23.1 Å². The first-order valence-electron chi connectivity index (χ1n) is 8.77. The Morgan fingerprint density at radius 3 is 2.55 bits per heavy atom. The fourth-order valence-corrected chi connectivity index (χ4v) is 4.70. The number of pyridine rings is 1. The zero-order chi connectivity index (χ0) is 20.2. The molecule has 0 aliphatic carbocycles. The molecule has 0 fully saturated rings. The molecule has 6 heteroatoms. The van der Waals surface area contributed by atoms with Crippen LogP contribution in [0.15, 0.2) is 77.1 Å². The quantitative estimate of drug-likeness (QED) is 0.305. The lowest BCUT2D eigenvalue weighted by Crippen LogP contribution is -1.96. The van der Waals surface area contributed by atoms with Crippen molar-refractivity contribution < 1.29 is 4.39 Å². The molecule has 0 radical (unpaired) electrons. The van der Waals surface area contributed by atoms with Gasteiger partial charge in [0.1, 0.15) is 16.9 Å². The molecule has 0 amide bonds. The monoisotopic (exact) mass is 436 g/mol. The molecular weight excluding hydrogens is 423 g/mol. The minimum absolute atomic E-state index is 0.258. The number of benzene rings is 2. The van der Waals surface area contributed by atoms with Crippen molar-refractivity contribution in [3.8, 4) is 27.8 Å².